The molecule has 2 aliphatic heterocycles. The van der Waals surface area contributed by atoms with Crippen molar-refractivity contribution >= 4 is 45.8 Å². The van der Waals surface area contributed by atoms with Gasteiger partial charge < -0.3 is 14.2 Å². The van der Waals surface area contributed by atoms with E-state index in [9.17, 15) is 14.4 Å². The molecule has 0 saturated carbocycles. The van der Waals surface area contributed by atoms with Crippen molar-refractivity contribution in [3.63, 3.8) is 0 Å². The number of nitrogens with zero attached hydrogens (tertiary/aromatic N) is 3. The molecule has 7 nitrogen and oxygen atoms in total. The molecule has 2 fully saturated rings. The number of carbonyl (C=O) groups is 3. The molecular weight excluding hydrogens is 390 g/mol. The molecule has 152 valence electrons. The first kappa shape index (κ1) is 19.7. The lowest BCUT2D eigenvalue weighted by Gasteiger charge is -2.28. The molecule has 1 aromatic carbocycles. The molecule has 0 aliphatic carbocycles. The molecule has 2 saturated heterocycles. The number of thioether (sulfide) groups is 1. The highest BCUT2D eigenvalue weighted by molar-refractivity contribution is 8.18. The van der Waals surface area contributed by atoms with Crippen LogP contribution in [0.3, 0.4) is 0 Å². The summed E-state index contributed by atoms with van der Waals surface area (Å²) in [6.45, 7) is 5.90. The molecule has 1 aromatic heterocycles. The zero-order valence-corrected chi connectivity index (χ0v) is 17.3. The van der Waals surface area contributed by atoms with Crippen LogP contribution in [0.15, 0.2) is 35.4 Å². The van der Waals surface area contributed by atoms with Crippen molar-refractivity contribution in [1.82, 2.24) is 14.4 Å². The molecule has 8 heteroatoms. The summed E-state index contributed by atoms with van der Waals surface area (Å²) in [5.74, 6) is -0.642. The van der Waals surface area contributed by atoms with Crippen LogP contribution in [0.2, 0.25) is 0 Å². The largest absolute Gasteiger partial charge is 0.378 e. The molecular formula is C21H23N3O4S. The quantitative estimate of drug-likeness (QED) is 0.720. The molecule has 0 spiro atoms. The van der Waals surface area contributed by atoms with Gasteiger partial charge in [-0.05, 0) is 37.8 Å². The second kappa shape index (κ2) is 8.04. The van der Waals surface area contributed by atoms with E-state index in [4.69, 9.17) is 4.74 Å². The average molecular weight is 413 g/mol. The van der Waals surface area contributed by atoms with Gasteiger partial charge in [0.05, 0.1) is 18.1 Å². The third-order valence-electron chi connectivity index (χ3n) is 5.15. The molecule has 2 aromatic rings. The predicted octanol–water partition coefficient (Wildman–Crippen LogP) is 3.12. The zero-order chi connectivity index (χ0) is 20.5. The number of imide groups is 1. The average Bonchev–Trinajstić information content (AvgIpc) is 3.22. The molecule has 2 aliphatic rings. The summed E-state index contributed by atoms with van der Waals surface area (Å²) in [5.41, 5.74) is 1.97. The summed E-state index contributed by atoms with van der Waals surface area (Å²) in [4.78, 5) is 40.7. The van der Waals surface area contributed by atoms with Gasteiger partial charge in [0.1, 0.15) is 6.54 Å². The van der Waals surface area contributed by atoms with Crippen molar-refractivity contribution in [3.05, 3.63) is 40.9 Å². The minimum atomic E-state index is -0.414. The number of fused-ring (bicyclic) bond motifs is 1. The second-order valence-electron chi connectivity index (χ2n) is 7.36. The van der Waals surface area contributed by atoms with Gasteiger partial charge in [0, 0.05) is 41.8 Å². The van der Waals surface area contributed by atoms with Crippen LogP contribution in [0.25, 0.3) is 17.0 Å². The number of benzene rings is 1. The Labute approximate surface area is 173 Å². The zero-order valence-electron chi connectivity index (χ0n) is 16.5. The van der Waals surface area contributed by atoms with E-state index in [1.807, 2.05) is 30.5 Å². The van der Waals surface area contributed by atoms with Gasteiger partial charge in [-0.15, -0.1) is 0 Å². The fraction of sp³-hybridized carbons (Fsp3) is 0.381. The molecule has 0 unspecified atom stereocenters. The Bertz CT molecular complexity index is 1000. The van der Waals surface area contributed by atoms with E-state index in [0.717, 1.165) is 33.1 Å². The van der Waals surface area contributed by atoms with Crippen LogP contribution in [-0.2, 0) is 14.3 Å². The first-order valence-electron chi connectivity index (χ1n) is 9.66. The summed E-state index contributed by atoms with van der Waals surface area (Å²) < 4.78 is 7.39. The number of morpholine rings is 1. The van der Waals surface area contributed by atoms with Crippen LogP contribution in [0.1, 0.15) is 25.5 Å². The van der Waals surface area contributed by atoms with Gasteiger partial charge in [-0.3, -0.25) is 19.3 Å². The molecule has 0 atom stereocenters. The number of hydrogen-bond donors (Lipinski definition) is 0. The maximum atomic E-state index is 12.8. The Balaban J connectivity index is 1.58. The first-order chi connectivity index (χ1) is 14.0. The minimum absolute atomic E-state index is 0.226. The van der Waals surface area contributed by atoms with Crippen LogP contribution in [0.4, 0.5) is 4.79 Å². The third kappa shape index (κ3) is 3.82. The van der Waals surface area contributed by atoms with E-state index >= 15 is 0 Å². The summed E-state index contributed by atoms with van der Waals surface area (Å²) in [6, 6.07) is 8.25. The molecule has 29 heavy (non-hydrogen) atoms. The Kier molecular flexibility index (Phi) is 5.47. The fourth-order valence-corrected chi connectivity index (χ4v) is 4.43. The Morgan fingerprint density at radius 1 is 1.21 bits per heavy atom. The number of para-hydroxylation sites is 1. The minimum Gasteiger partial charge on any atom is -0.378 e. The van der Waals surface area contributed by atoms with Gasteiger partial charge in [-0.25, -0.2) is 0 Å². The standard InChI is InChI=1S/C21H23N3O4S/c1-14(2)23-12-15(16-5-3-4-6-17(16)23)11-18-20(26)24(21(27)29-18)13-19(25)22-7-9-28-10-8-22/h3-6,11-12,14H,7-10,13H2,1-2H3. The lowest BCUT2D eigenvalue weighted by atomic mass is 10.1. The number of rotatable bonds is 4. The van der Waals surface area contributed by atoms with Crippen molar-refractivity contribution in [3.8, 4) is 0 Å². The summed E-state index contributed by atoms with van der Waals surface area (Å²) in [5, 5.41) is 0.618. The smallest absolute Gasteiger partial charge is 0.294 e. The highest BCUT2D eigenvalue weighted by atomic mass is 32.2. The van der Waals surface area contributed by atoms with Crippen molar-refractivity contribution in [2.75, 3.05) is 32.8 Å². The monoisotopic (exact) mass is 413 g/mol. The van der Waals surface area contributed by atoms with Crippen molar-refractivity contribution < 1.29 is 19.1 Å². The first-order valence-corrected chi connectivity index (χ1v) is 10.5. The van der Waals surface area contributed by atoms with Gasteiger partial charge in [-0.2, -0.15) is 0 Å². The van der Waals surface area contributed by atoms with Crippen molar-refractivity contribution in [2.24, 2.45) is 0 Å². The van der Waals surface area contributed by atoms with Gasteiger partial charge in [-0.1, -0.05) is 18.2 Å². The topological polar surface area (TPSA) is 71.8 Å². The summed E-state index contributed by atoms with van der Waals surface area (Å²) >= 11 is 0.885. The van der Waals surface area contributed by atoms with Crippen LogP contribution < -0.4 is 0 Å². The number of amides is 3. The van der Waals surface area contributed by atoms with Gasteiger partial charge in [0.15, 0.2) is 0 Å². The SMILES string of the molecule is CC(C)n1cc(C=C2SC(=O)N(CC(=O)N3CCOCC3)C2=O)c2ccccc21. The number of carbonyl (C=O) groups excluding carboxylic acids is 3. The van der Waals surface area contributed by atoms with Crippen LogP contribution in [-0.4, -0.2) is 64.3 Å². The molecule has 4 rings (SSSR count). The van der Waals surface area contributed by atoms with Crippen LogP contribution >= 0.6 is 11.8 Å². The number of hydrogen-bond acceptors (Lipinski definition) is 5. The van der Waals surface area contributed by atoms with Crippen LogP contribution in [0.5, 0.6) is 0 Å². The van der Waals surface area contributed by atoms with E-state index in [1.165, 1.54) is 0 Å². The normalized spacial score (nSPS) is 19.2. The number of ether oxygens (including phenoxy) is 1. The van der Waals surface area contributed by atoms with Gasteiger partial charge in [0.25, 0.3) is 11.1 Å². The lowest BCUT2D eigenvalue weighted by Crippen LogP contribution is -2.46. The van der Waals surface area contributed by atoms with Crippen molar-refractivity contribution in [1.29, 1.82) is 0 Å². The molecule has 3 amide bonds. The fourth-order valence-electron chi connectivity index (χ4n) is 3.60. The number of aromatic nitrogens is 1. The third-order valence-corrected chi connectivity index (χ3v) is 6.05. The molecule has 0 N–H and O–H groups in total. The highest BCUT2D eigenvalue weighted by Gasteiger charge is 2.37. The molecule has 0 bridgehead atoms. The van der Waals surface area contributed by atoms with E-state index in [2.05, 4.69) is 18.4 Å². The summed E-state index contributed by atoms with van der Waals surface area (Å²) in [7, 11) is 0. The Morgan fingerprint density at radius 3 is 2.66 bits per heavy atom. The highest BCUT2D eigenvalue weighted by Crippen LogP contribution is 2.34. The Hall–Kier alpha value is -2.58. The second-order valence-corrected chi connectivity index (χ2v) is 8.36. The summed E-state index contributed by atoms with van der Waals surface area (Å²) in [6.07, 6.45) is 3.76. The maximum absolute atomic E-state index is 12.8. The van der Waals surface area contributed by atoms with Gasteiger partial charge in [0.2, 0.25) is 5.91 Å². The molecule has 0 radical (unpaired) electrons. The van der Waals surface area contributed by atoms with Crippen LogP contribution in [0, 0.1) is 0 Å². The Morgan fingerprint density at radius 2 is 1.93 bits per heavy atom. The maximum Gasteiger partial charge on any atom is 0.294 e. The van der Waals surface area contributed by atoms with Gasteiger partial charge >= 0.3 is 0 Å². The van der Waals surface area contributed by atoms with E-state index in [-0.39, 0.29) is 18.5 Å². The van der Waals surface area contributed by atoms with Crippen molar-refractivity contribution in [2.45, 2.75) is 19.9 Å². The molecule has 3 heterocycles. The van der Waals surface area contributed by atoms with E-state index < -0.39 is 11.1 Å². The van der Waals surface area contributed by atoms with E-state index in [0.29, 0.717) is 31.2 Å². The predicted molar refractivity (Wildman–Crippen MR) is 112 cm³/mol. The van der Waals surface area contributed by atoms with E-state index in [1.54, 1.807) is 11.0 Å². The lowest BCUT2D eigenvalue weighted by molar-refractivity contribution is -0.139.